The van der Waals surface area contributed by atoms with Crippen LogP contribution in [0.4, 0.5) is 5.82 Å². The van der Waals surface area contributed by atoms with Crippen molar-refractivity contribution in [2.24, 2.45) is 0 Å². The van der Waals surface area contributed by atoms with Gasteiger partial charge in [0.15, 0.2) is 0 Å². The van der Waals surface area contributed by atoms with E-state index in [0.29, 0.717) is 4.88 Å². The molecule has 2 aliphatic rings. The maximum absolute atomic E-state index is 12.7. The summed E-state index contributed by atoms with van der Waals surface area (Å²) in [6.07, 6.45) is 7.21. The van der Waals surface area contributed by atoms with Crippen molar-refractivity contribution in [2.45, 2.75) is 45.1 Å². The van der Waals surface area contributed by atoms with Gasteiger partial charge in [-0.15, -0.1) is 11.3 Å². The number of carbonyl (C=O) groups excluding carboxylic acids is 1. The minimum atomic E-state index is -0.196. The summed E-state index contributed by atoms with van der Waals surface area (Å²) in [5.41, 5.74) is 0.954. The van der Waals surface area contributed by atoms with Crippen molar-refractivity contribution >= 4 is 33.3 Å². The van der Waals surface area contributed by atoms with E-state index >= 15 is 0 Å². The Morgan fingerprint density at radius 2 is 2.00 bits per heavy atom. The van der Waals surface area contributed by atoms with Crippen LogP contribution >= 0.6 is 11.3 Å². The second kappa shape index (κ2) is 7.25. The van der Waals surface area contributed by atoms with Crippen molar-refractivity contribution in [3.8, 4) is 0 Å². The van der Waals surface area contributed by atoms with Gasteiger partial charge >= 0.3 is 5.97 Å². The van der Waals surface area contributed by atoms with E-state index in [1.165, 1.54) is 17.8 Å². The molecule has 2 aromatic rings. The van der Waals surface area contributed by atoms with Gasteiger partial charge in [0.2, 0.25) is 0 Å². The number of carbonyl (C=O) groups is 1. The van der Waals surface area contributed by atoms with Crippen LogP contribution < -0.4 is 10.2 Å². The minimum Gasteiger partial charge on any atom is -0.458 e. The SMILES string of the molecule is Cc1c(C(=O)OC2CCCCC2)sc2ncnc(N3CCNCC3)c12. The van der Waals surface area contributed by atoms with Crippen molar-refractivity contribution in [3.63, 3.8) is 0 Å². The lowest BCUT2D eigenvalue weighted by Gasteiger charge is -2.28. The quantitative estimate of drug-likeness (QED) is 0.849. The van der Waals surface area contributed by atoms with Crippen molar-refractivity contribution in [2.75, 3.05) is 31.1 Å². The van der Waals surface area contributed by atoms with E-state index in [0.717, 1.165) is 73.5 Å². The summed E-state index contributed by atoms with van der Waals surface area (Å²) in [4.78, 5) is 25.5. The van der Waals surface area contributed by atoms with E-state index in [-0.39, 0.29) is 12.1 Å². The predicted octanol–water partition coefficient (Wildman–Crippen LogP) is 2.90. The number of piperazine rings is 1. The highest BCUT2D eigenvalue weighted by Gasteiger charge is 2.25. The van der Waals surface area contributed by atoms with Gasteiger partial charge in [-0.1, -0.05) is 6.42 Å². The number of hydrogen-bond acceptors (Lipinski definition) is 7. The second-order valence-electron chi connectivity index (χ2n) is 6.84. The molecule has 2 aromatic heterocycles. The maximum atomic E-state index is 12.7. The van der Waals surface area contributed by atoms with E-state index in [1.807, 2.05) is 6.92 Å². The third-order valence-corrected chi connectivity index (χ3v) is 6.31. The molecular weight excluding hydrogens is 336 g/mol. The van der Waals surface area contributed by atoms with Crippen molar-refractivity contribution in [1.29, 1.82) is 0 Å². The minimum absolute atomic E-state index is 0.0737. The van der Waals surface area contributed by atoms with Crippen LogP contribution in [-0.2, 0) is 4.74 Å². The molecule has 3 heterocycles. The van der Waals surface area contributed by atoms with Crippen LogP contribution in [0.2, 0.25) is 0 Å². The monoisotopic (exact) mass is 360 g/mol. The number of aromatic nitrogens is 2. The van der Waals surface area contributed by atoms with Crippen molar-refractivity contribution < 1.29 is 9.53 Å². The average Bonchev–Trinajstić information content (AvgIpc) is 3.00. The van der Waals surface area contributed by atoms with Gasteiger partial charge in [0, 0.05) is 26.2 Å². The topological polar surface area (TPSA) is 67.3 Å². The third-order valence-electron chi connectivity index (χ3n) is 5.13. The number of ether oxygens (including phenoxy) is 1. The molecule has 0 unspecified atom stereocenters. The van der Waals surface area contributed by atoms with Gasteiger partial charge in [0.25, 0.3) is 0 Å². The smallest absolute Gasteiger partial charge is 0.348 e. The molecule has 7 heteroatoms. The third kappa shape index (κ3) is 3.35. The van der Waals surface area contributed by atoms with Gasteiger partial charge in [-0.2, -0.15) is 0 Å². The fourth-order valence-electron chi connectivity index (χ4n) is 3.75. The van der Waals surface area contributed by atoms with Crippen molar-refractivity contribution in [1.82, 2.24) is 15.3 Å². The summed E-state index contributed by atoms with van der Waals surface area (Å²) >= 11 is 1.43. The van der Waals surface area contributed by atoms with E-state index < -0.39 is 0 Å². The Morgan fingerprint density at radius 3 is 2.76 bits per heavy atom. The lowest BCUT2D eigenvalue weighted by molar-refractivity contribution is 0.0216. The molecule has 0 atom stereocenters. The number of fused-ring (bicyclic) bond motifs is 1. The molecule has 0 radical (unpaired) electrons. The average molecular weight is 360 g/mol. The summed E-state index contributed by atoms with van der Waals surface area (Å²) in [5.74, 6) is 0.746. The highest BCUT2D eigenvalue weighted by molar-refractivity contribution is 7.20. The maximum Gasteiger partial charge on any atom is 0.348 e. The summed E-state index contributed by atoms with van der Waals surface area (Å²) < 4.78 is 5.77. The standard InChI is InChI=1S/C18H24N4O2S/c1-12-14-16(22-9-7-19-8-10-22)20-11-21-17(14)25-15(12)18(23)24-13-5-3-2-4-6-13/h11,13,19H,2-10H2,1H3. The molecule has 0 aromatic carbocycles. The van der Waals surface area contributed by atoms with Gasteiger partial charge in [-0.3, -0.25) is 0 Å². The number of anilines is 1. The number of rotatable bonds is 3. The number of esters is 1. The van der Waals surface area contributed by atoms with Gasteiger partial charge in [0.05, 0.1) is 5.39 Å². The van der Waals surface area contributed by atoms with Crippen LogP contribution in [0.3, 0.4) is 0 Å². The molecular formula is C18H24N4O2S. The first-order valence-electron chi connectivity index (χ1n) is 9.15. The first-order chi connectivity index (χ1) is 12.2. The summed E-state index contributed by atoms with van der Waals surface area (Å²) in [7, 11) is 0. The summed E-state index contributed by atoms with van der Waals surface area (Å²) in [6, 6.07) is 0. The molecule has 1 N–H and O–H groups in total. The predicted molar refractivity (Wildman–Crippen MR) is 99.5 cm³/mol. The van der Waals surface area contributed by atoms with Crippen LogP contribution in [0.15, 0.2) is 6.33 Å². The van der Waals surface area contributed by atoms with E-state index in [4.69, 9.17) is 4.74 Å². The molecule has 0 spiro atoms. The van der Waals surface area contributed by atoms with Crippen LogP contribution in [-0.4, -0.2) is 48.2 Å². The van der Waals surface area contributed by atoms with Gasteiger partial charge in [-0.25, -0.2) is 14.8 Å². The van der Waals surface area contributed by atoms with E-state index in [1.54, 1.807) is 6.33 Å². The highest BCUT2D eigenvalue weighted by atomic mass is 32.1. The van der Waals surface area contributed by atoms with Gasteiger partial charge in [0.1, 0.15) is 28.0 Å². The number of thiophene rings is 1. The molecule has 4 rings (SSSR count). The Bertz CT molecular complexity index is 764. The number of aryl methyl sites for hydroxylation is 1. The Hall–Kier alpha value is -1.73. The molecule has 1 saturated heterocycles. The fourth-order valence-corrected chi connectivity index (χ4v) is 4.78. The largest absolute Gasteiger partial charge is 0.458 e. The molecule has 25 heavy (non-hydrogen) atoms. The Labute approximate surface area is 151 Å². The molecule has 1 aliphatic heterocycles. The molecule has 134 valence electrons. The van der Waals surface area contributed by atoms with Crippen LogP contribution in [0.1, 0.15) is 47.3 Å². The zero-order valence-corrected chi connectivity index (χ0v) is 15.4. The molecule has 6 nitrogen and oxygen atoms in total. The van der Waals surface area contributed by atoms with Crippen LogP contribution in [0.25, 0.3) is 10.2 Å². The normalized spacial score (nSPS) is 19.3. The number of nitrogens with zero attached hydrogens (tertiary/aromatic N) is 3. The second-order valence-corrected chi connectivity index (χ2v) is 7.84. The number of hydrogen-bond donors (Lipinski definition) is 1. The van der Waals surface area contributed by atoms with E-state index in [2.05, 4.69) is 20.2 Å². The molecule has 0 bridgehead atoms. The lowest BCUT2D eigenvalue weighted by atomic mass is 9.98. The summed E-state index contributed by atoms with van der Waals surface area (Å²) in [6.45, 7) is 5.73. The van der Waals surface area contributed by atoms with Gasteiger partial charge < -0.3 is 15.0 Å². The molecule has 2 fully saturated rings. The Kier molecular flexibility index (Phi) is 4.85. The van der Waals surface area contributed by atoms with E-state index in [9.17, 15) is 4.79 Å². The van der Waals surface area contributed by atoms with Crippen LogP contribution in [0.5, 0.6) is 0 Å². The highest BCUT2D eigenvalue weighted by Crippen LogP contribution is 2.36. The lowest BCUT2D eigenvalue weighted by Crippen LogP contribution is -2.44. The van der Waals surface area contributed by atoms with Crippen LogP contribution in [0, 0.1) is 6.92 Å². The summed E-state index contributed by atoms with van der Waals surface area (Å²) in [5, 5.41) is 4.36. The molecule has 1 aliphatic carbocycles. The molecule has 1 saturated carbocycles. The van der Waals surface area contributed by atoms with Crippen molar-refractivity contribution in [3.05, 3.63) is 16.8 Å². The molecule has 0 amide bonds. The zero-order chi connectivity index (χ0) is 17.2. The zero-order valence-electron chi connectivity index (χ0n) is 14.6. The first-order valence-corrected chi connectivity index (χ1v) is 9.96. The fraction of sp³-hybridized carbons (Fsp3) is 0.611. The van der Waals surface area contributed by atoms with Gasteiger partial charge in [-0.05, 0) is 38.2 Å². The first kappa shape index (κ1) is 16.7. The number of nitrogens with one attached hydrogen (secondary N) is 1. The Balaban J connectivity index is 1.63. The Morgan fingerprint density at radius 1 is 1.24 bits per heavy atom.